The summed E-state index contributed by atoms with van der Waals surface area (Å²) in [6.45, 7) is 12.7. The number of carbonyl (C=O) groups is 1. The first kappa shape index (κ1) is 15.4. The third-order valence-corrected chi connectivity index (χ3v) is 4.32. The van der Waals surface area contributed by atoms with Crippen molar-refractivity contribution in [2.75, 3.05) is 32.7 Å². The first-order chi connectivity index (χ1) is 8.46. The van der Waals surface area contributed by atoms with Crippen molar-refractivity contribution < 1.29 is 4.79 Å². The summed E-state index contributed by atoms with van der Waals surface area (Å²) in [7, 11) is 0. The molecule has 1 unspecified atom stereocenters. The Labute approximate surface area is 111 Å². The van der Waals surface area contributed by atoms with Gasteiger partial charge in [-0.1, -0.05) is 27.7 Å². The summed E-state index contributed by atoms with van der Waals surface area (Å²) in [5.74, 6) is 0.297. The minimum atomic E-state index is -0.222. The van der Waals surface area contributed by atoms with Crippen molar-refractivity contribution in [3.63, 3.8) is 0 Å². The number of rotatable bonds is 5. The quantitative estimate of drug-likeness (QED) is 0.805. The molecular formula is C14H29N3O. The number of hydrogen-bond acceptors (Lipinski definition) is 3. The van der Waals surface area contributed by atoms with Crippen LogP contribution in [0.25, 0.3) is 0 Å². The largest absolute Gasteiger partial charge is 0.340 e. The molecule has 1 rings (SSSR count). The zero-order chi connectivity index (χ0) is 13.8. The van der Waals surface area contributed by atoms with Crippen LogP contribution in [-0.4, -0.2) is 54.5 Å². The first-order valence-electron chi connectivity index (χ1n) is 7.19. The van der Waals surface area contributed by atoms with Crippen LogP contribution in [0.2, 0.25) is 0 Å². The van der Waals surface area contributed by atoms with Crippen LogP contribution in [0.3, 0.4) is 0 Å². The highest BCUT2D eigenvalue weighted by Gasteiger charge is 2.32. The predicted octanol–water partition coefficient (Wildman–Crippen LogP) is 1.30. The molecule has 0 aliphatic carbocycles. The van der Waals surface area contributed by atoms with Gasteiger partial charge in [0, 0.05) is 44.2 Å². The smallest absolute Gasteiger partial charge is 0.228 e. The maximum Gasteiger partial charge on any atom is 0.228 e. The Balaban J connectivity index is 2.51. The zero-order valence-corrected chi connectivity index (χ0v) is 12.4. The summed E-state index contributed by atoms with van der Waals surface area (Å²) in [6.07, 6.45) is 1.98. The lowest BCUT2D eigenvalue weighted by atomic mass is 9.88. The summed E-state index contributed by atoms with van der Waals surface area (Å²) >= 11 is 0. The second kappa shape index (κ2) is 6.53. The van der Waals surface area contributed by atoms with Gasteiger partial charge in [0.2, 0.25) is 5.91 Å². The van der Waals surface area contributed by atoms with Gasteiger partial charge in [0.25, 0.3) is 0 Å². The van der Waals surface area contributed by atoms with Crippen LogP contribution in [0.15, 0.2) is 0 Å². The Morgan fingerprint density at radius 1 is 1.22 bits per heavy atom. The van der Waals surface area contributed by atoms with E-state index in [-0.39, 0.29) is 5.41 Å². The number of nitrogens with zero attached hydrogens (tertiary/aromatic N) is 2. The fraction of sp³-hybridized carbons (Fsp3) is 0.929. The third-order valence-electron chi connectivity index (χ3n) is 4.32. The zero-order valence-electron chi connectivity index (χ0n) is 12.4. The lowest BCUT2D eigenvalue weighted by Crippen LogP contribution is -2.55. The molecule has 0 radical (unpaired) electrons. The van der Waals surface area contributed by atoms with Crippen molar-refractivity contribution in [3.8, 4) is 0 Å². The van der Waals surface area contributed by atoms with E-state index in [1.807, 2.05) is 18.7 Å². The van der Waals surface area contributed by atoms with Gasteiger partial charge in [0.1, 0.15) is 0 Å². The molecule has 1 atom stereocenters. The van der Waals surface area contributed by atoms with Crippen LogP contribution in [0.5, 0.6) is 0 Å². The highest BCUT2D eigenvalue weighted by molar-refractivity contribution is 5.82. The maximum absolute atomic E-state index is 12.3. The Morgan fingerprint density at radius 3 is 2.17 bits per heavy atom. The molecule has 1 amide bonds. The molecular weight excluding hydrogens is 226 g/mol. The molecule has 0 aromatic heterocycles. The van der Waals surface area contributed by atoms with Gasteiger partial charge >= 0.3 is 0 Å². The molecule has 1 aliphatic rings. The van der Waals surface area contributed by atoms with E-state index >= 15 is 0 Å². The van der Waals surface area contributed by atoms with Crippen LogP contribution in [0, 0.1) is 5.41 Å². The van der Waals surface area contributed by atoms with Gasteiger partial charge < -0.3 is 10.6 Å². The number of nitrogens with two attached hydrogens (primary N) is 1. The van der Waals surface area contributed by atoms with Gasteiger partial charge in [-0.25, -0.2) is 0 Å². The predicted molar refractivity (Wildman–Crippen MR) is 75.4 cm³/mol. The second-order valence-corrected chi connectivity index (χ2v) is 5.86. The van der Waals surface area contributed by atoms with Crippen LogP contribution in [-0.2, 0) is 4.79 Å². The lowest BCUT2D eigenvalue weighted by Gasteiger charge is -2.41. The summed E-state index contributed by atoms with van der Waals surface area (Å²) in [6, 6.07) is 0.474. The van der Waals surface area contributed by atoms with E-state index in [1.54, 1.807) is 0 Å². The van der Waals surface area contributed by atoms with Gasteiger partial charge in [-0.15, -0.1) is 0 Å². The minimum absolute atomic E-state index is 0.222. The minimum Gasteiger partial charge on any atom is -0.340 e. The van der Waals surface area contributed by atoms with E-state index in [4.69, 9.17) is 5.73 Å². The summed E-state index contributed by atoms with van der Waals surface area (Å²) in [4.78, 5) is 16.8. The summed E-state index contributed by atoms with van der Waals surface area (Å²) < 4.78 is 0. The van der Waals surface area contributed by atoms with E-state index < -0.39 is 0 Å². The molecule has 0 saturated carbocycles. The average Bonchev–Trinajstić information content (AvgIpc) is 2.40. The molecule has 0 spiro atoms. The Kier molecular flexibility index (Phi) is 5.60. The van der Waals surface area contributed by atoms with Crippen LogP contribution in [0.1, 0.15) is 40.5 Å². The van der Waals surface area contributed by atoms with Crippen LogP contribution < -0.4 is 5.73 Å². The van der Waals surface area contributed by atoms with Crippen molar-refractivity contribution >= 4 is 5.91 Å². The molecule has 106 valence electrons. The van der Waals surface area contributed by atoms with Gasteiger partial charge in [-0.3, -0.25) is 9.69 Å². The van der Waals surface area contributed by atoms with Crippen molar-refractivity contribution in [1.82, 2.24) is 9.80 Å². The molecule has 2 N–H and O–H groups in total. The van der Waals surface area contributed by atoms with Gasteiger partial charge in [0.05, 0.1) is 0 Å². The van der Waals surface area contributed by atoms with Crippen molar-refractivity contribution in [2.45, 2.75) is 46.6 Å². The fourth-order valence-electron chi connectivity index (χ4n) is 2.44. The van der Waals surface area contributed by atoms with Gasteiger partial charge in [-0.2, -0.15) is 0 Å². The van der Waals surface area contributed by atoms with E-state index in [1.165, 1.54) is 0 Å². The SMILES string of the molecule is CCC(CN)N1CCN(C(=O)C(C)(C)CC)CC1. The van der Waals surface area contributed by atoms with E-state index in [2.05, 4.69) is 18.7 Å². The van der Waals surface area contributed by atoms with Crippen LogP contribution in [0.4, 0.5) is 0 Å². The van der Waals surface area contributed by atoms with Crippen molar-refractivity contribution in [1.29, 1.82) is 0 Å². The molecule has 0 bridgehead atoms. The molecule has 1 aliphatic heterocycles. The highest BCUT2D eigenvalue weighted by atomic mass is 16.2. The molecule has 4 heteroatoms. The first-order valence-corrected chi connectivity index (χ1v) is 7.19. The number of amides is 1. The van der Waals surface area contributed by atoms with Crippen molar-refractivity contribution in [3.05, 3.63) is 0 Å². The molecule has 0 aromatic carbocycles. The Bertz CT molecular complexity index is 266. The monoisotopic (exact) mass is 255 g/mol. The van der Waals surface area contributed by atoms with Gasteiger partial charge in [0.15, 0.2) is 0 Å². The normalized spacial score (nSPS) is 19.9. The number of hydrogen-bond donors (Lipinski definition) is 1. The van der Waals surface area contributed by atoms with E-state index in [0.717, 1.165) is 39.0 Å². The van der Waals surface area contributed by atoms with E-state index in [0.29, 0.717) is 18.5 Å². The van der Waals surface area contributed by atoms with Gasteiger partial charge in [-0.05, 0) is 12.8 Å². The molecule has 0 aromatic rings. The number of piperazine rings is 1. The Hall–Kier alpha value is -0.610. The summed E-state index contributed by atoms with van der Waals surface area (Å²) in [5.41, 5.74) is 5.56. The number of carbonyl (C=O) groups excluding carboxylic acids is 1. The fourth-order valence-corrected chi connectivity index (χ4v) is 2.44. The van der Waals surface area contributed by atoms with E-state index in [9.17, 15) is 4.79 Å². The lowest BCUT2D eigenvalue weighted by molar-refractivity contribution is -0.142. The summed E-state index contributed by atoms with van der Waals surface area (Å²) in [5, 5.41) is 0. The molecule has 1 heterocycles. The third kappa shape index (κ3) is 3.45. The standard InChI is InChI=1S/C14H29N3O/c1-5-12(11-15)16-7-9-17(10-8-16)13(18)14(3,4)6-2/h12H,5-11,15H2,1-4H3. The highest BCUT2D eigenvalue weighted by Crippen LogP contribution is 2.24. The molecule has 4 nitrogen and oxygen atoms in total. The van der Waals surface area contributed by atoms with Crippen molar-refractivity contribution in [2.24, 2.45) is 11.1 Å². The van der Waals surface area contributed by atoms with Crippen LogP contribution >= 0.6 is 0 Å². The molecule has 1 saturated heterocycles. The molecule has 18 heavy (non-hydrogen) atoms. The maximum atomic E-state index is 12.3. The average molecular weight is 255 g/mol. The second-order valence-electron chi connectivity index (χ2n) is 5.86. The topological polar surface area (TPSA) is 49.6 Å². The molecule has 1 fully saturated rings. The Morgan fingerprint density at radius 2 is 1.78 bits per heavy atom.